The van der Waals surface area contributed by atoms with Crippen LogP contribution < -0.4 is 4.74 Å². The minimum absolute atomic E-state index is 0.111. The van der Waals surface area contributed by atoms with Crippen molar-refractivity contribution in [3.63, 3.8) is 0 Å². The smallest absolute Gasteiger partial charge is 0.320 e. The Kier molecular flexibility index (Phi) is 5.62. The van der Waals surface area contributed by atoms with E-state index in [1.54, 1.807) is 0 Å². The SMILES string of the molecule is CCOc1ccc(C(C)N2CCCCCC2C(=O)O)cc1. The van der Waals surface area contributed by atoms with Crippen LogP contribution in [0.25, 0.3) is 0 Å². The molecule has 2 rings (SSSR count). The van der Waals surface area contributed by atoms with Gasteiger partial charge in [0.1, 0.15) is 11.8 Å². The standard InChI is InChI=1S/C17H25NO3/c1-3-21-15-10-8-14(9-11-15)13(2)18-12-6-4-5-7-16(18)17(19)20/h8-11,13,16H,3-7,12H2,1-2H3,(H,19,20). The summed E-state index contributed by atoms with van der Waals surface area (Å²) in [5, 5.41) is 9.48. The zero-order valence-corrected chi connectivity index (χ0v) is 12.9. The van der Waals surface area contributed by atoms with Crippen molar-refractivity contribution in [2.24, 2.45) is 0 Å². The van der Waals surface area contributed by atoms with Gasteiger partial charge in [-0.05, 0) is 50.9 Å². The van der Waals surface area contributed by atoms with Gasteiger partial charge in [0.05, 0.1) is 6.61 Å². The van der Waals surface area contributed by atoms with Gasteiger partial charge in [0.25, 0.3) is 0 Å². The van der Waals surface area contributed by atoms with Crippen molar-refractivity contribution in [2.45, 2.75) is 51.6 Å². The molecule has 1 aromatic carbocycles. The first-order chi connectivity index (χ1) is 10.1. The third-order valence-corrected chi connectivity index (χ3v) is 4.25. The summed E-state index contributed by atoms with van der Waals surface area (Å²) in [5.41, 5.74) is 1.15. The summed E-state index contributed by atoms with van der Waals surface area (Å²) in [7, 11) is 0. The largest absolute Gasteiger partial charge is 0.494 e. The maximum atomic E-state index is 11.5. The molecule has 0 aliphatic carbocycles. The van der Waals surface area contributed by atoms with Gasteiger partial charge in [-0.15, -0.1) is 0 Å². The molecule has 0 radical (unpaired) electrons. The van der Waals surface area contributed by atoms with E-state index in [1.165, 1.54) is 0 Å². The van der Waals surface area contributed by atoms with Crippen LogP contribution in [0.15, 0.2) is 24.3 Å². The second-order valence-electron chi connectivity index (χ2n) is 5.62. The Hall–Kier alpha value is -1.55. The van der Waals surface area contributed by atoms with Gasteiger partial charge >= 0.3 is 5.97 Å². The first-order valence-corrected chi connectivity index (χ1v) is 7.84. The Labute approximate surface area is 126 Å². The van der Waals surface area contributed by atoms with E-state index in [2.05, 4.69) is 11.8 Å². The van der Waals surface area contributed by atoms with Crippen LogP contribution in [0.4, 0.5) is 0 Å². The molecule has 0 saturated carbocycles. The van der Waals surface area contributed by atoms with Crippen LogP contribution in [0.1, 0.15) is 51.1 Å². The molecule has 1 aromatic rings. The average molecular weight is 291 g/mol. The molecule has 116 valence electrons. The molecule has 2 unspecified atom stereocenters. The van der Waals surface area contributed by atoms with E-state index in [-0.39, 0.29) is 12.1 Å². The van der Waals surface area contributed by atoms with E-state index < -0.39 is 5.97 Å². The molecule has 1 aliphatic rings. The normalized spacial score (nSPS) is 21.5. The lowest BCUT2D eigenvalue weighted by atomic mass is 10.0. The predicted octanol–water partition coefficient (Wildman–Crippen LogP) is 3.48. The fourth-order valence-corrected chi connectivity index (χ4v) is 3.06. The summed E-state index contributed by atoms with van der Waals surface area (Å²) < 4.78 is 5.46. The number of likely N-dealkylation sites (tertiary alicyclic amines) is 1. The highest BCUT2D eigenvalue weighted by atomic mass is 16.5. The molecule has 21 heavy (non-hydrogen) atoms. The molecule has 1 fully saturated rings. The number of nitrogens with zero attached hydrogens (tertiary/aromatic N) is 1. The fourth-order valence-electron chi connectivity index (χ4n) is 3.06. The number of ether oxygens (including phenoxy) is 1. The van der Waals surface area contributed by atoms with Crippen molar-refractivity contribution >= 4 is 5.97 Å². The van der Waals surface area contributed by atoms with Gasteiger partial charge in [-0.3, -0.25) is 9.69 Å². The van der Waals surface area contributed by atoms with Gasteiger partial charge in [-0.25, -0.2) is 0 Å². The molecule has 1 saturated heterocycles. The molecule has 4 nitrogen and oxygen atoms in total. The monoisotopic (exact) mass is 291 g/mol. The number of carbonyl (C=O) groups is 1. The number of rotatable bonds is 5. The van der Waals surface area contributed by atoms with Gasteiger partial charge in [-0.2, -0.15) is 0 Å². The molecule has 0 aromatic heterocycles. The van der Waals surface area contributed by atoms with Crippen LogP contribution >= 0.6 is 0 Å². The summed E-state index contributed by atoms with van der Waals surface area (Å²) in [5.74, 6) is 0.161. The lowest BCUT2D eigenvalue weighted by molar-refractivity contribution is -0.144. The van der Waals surface area contributed by atoms with Gasteiger partial charge in [0.15, 0.2) is 0 Å². The highest BCUT2D eigenvalue weighted by Crippen LogP contribution is 2.29. The van der Waals surface area contributed by atoms with Gasteiger partial charge in [0.2, 0.25) is 0 Å². The molecule has 0 bridgehead atoms. The third-order valence-electron chi connectivity index (χ3n) is 4.25. The van der Waals surface area contributed by atoms with Crippen molar-refractivity contribution in [3.8, 4) is 5.75 Å². The van der Waals surface area contributed by atoms with Crippen molar-refractivity contribution in [3.05, 3.63) is 29.8 Å². The van der Waals surface area contributed by atoms with Crippen LogP contribution in [-0.2, 0) is 4.79 Å². The van der Waals surface area contributed by atoms with E-state index in [0.717, 1.165) is 43.5 Å². The van der Waals surface area contributed by atoms with E-state index >= 15 is 0 Å². The summed E-state index contributed by atoms with van der Waals surface area (Å²) in [6.45, 7) is 5.57. The van der Waals surface area contributed by atoms with Gasteiger partial charge < -0.3 is 9.84 Å². The zero-order valence-electron chi connectivity index (χ0n) is 12.9. The van der Waals surface area contributed by atoms with E-state index in [4.69, 9.17) is 4.74 Å². The maximum absolute atomic E-state index is 11.5. The topological polar surface area (TPSA) is 49.8 Å². The number of aliphatic carboxylic acids is 1. The zero-order chi connectivity index (χ0) is 15.2. The molecule has 1 heterocycles. The van der Waals surface area contributed by atoms with Gasteiger partial charge in [0, 0.05) is 6.04 Å². The minimum atomic E-state index is -0.699. The summed E-state index contributed by atoms with van der Waals surface area (Å²) in [4.78, 5) is 13.7. The molecular weight excluding hydrogens is 266 g/mol. The number of carboxylic acid groups (broad SMARTS) is 1. The lowest BCUT2D eigenvalue weighted by Gasteiger charge is -2.33. The molecule has 1 N–H and O–H groups in total. The molecular formula is C17H25NO3. The Morgan fingerprint density at radius 2 is 2.05 bits per heavy atom. The van der Waals surface area contributed by atoms with Crippen LogP contribution in [-0.4, -0.2) is 35.2 Å². The Bertz CT molecular complexity index is 458. The van der Waals surface area contributed by atoms with Crippen LogP contribution in [0.3, 0.4) is 0 Å². The minimum Gasteiger partial charge on any atom is -0.494 e. The van der Waals surface area contributed by atoms with Crippen LogP contribution in [0, 0.1) is 0 Å². The number of benzene rings is 1. The summed E-state index contributed by atoms with van der Waals surface area (Å²) >= 11 is 0. The first-order valence-electron chi connectivity index (χ1n) is 7.84. The number of hydrogen-bond acceptors (Lipinski definition) is 3. The Morgan fingerprint density at radius 3 is 2.67 bits per heavy atom. The highest BCUT2D eigenvalue weighted by molar-refractivity contribution is 5.73. The number of hydrogen-bond donors (Lipinski definition) is 1. The third kappa shape index (κ3) is 3.97. The molecule has 0 spiro atoms. The number of carboxylic acids is 1. The highest BCUT2D eigenvalue weighted by Gasteiger charge is 2.30. The summed E-state index contributed by atoms with van der Waals surface area (Å²) in [6.07, 6.45) is 3.95. The molecule has 4 heteroatoms. The lowest BCUT2D eigenvalue weighted by Crippen LogP contribution is -2.42. The van der Waals surface area contributed by atoms with Gasteiger partial charge in [-0.1, -0.05) is 25.0 Å². The second kappa shape index (κ2) is 7.46. The second-order valence-corrected chi connectivity index (χ2v) is 5.62. The van der Waals surface area contributed by atoms with Crippen molar-refractivity contribution in [2.75, 3.05) is 13.2 Å². The Morgan fingerprint density at radius 1 is 1.33 bits per heavy atom. The fraction of sp³-hybridized carbons (Fsp3) is 0.588. The maximum Gasteiger partial charge on any atom is 0.320 e. The van der Waals surface area contributed by atoms with Crippen molar-refractivity contribution in [1.82, 2.24) is 4.90 Å². The van der Waals surface area contributed by atoms with E-state index in [9.17, 15) is 9.90 Å². The van der Waals surface area contributed by atoms with E-state index in [0.29, 0.717) is 6.61 Å². The average Bonchev–Trinajstić information content (AvgIpc) is 2.73. The van der Waals surface area contributed by atoms with Crippen molar-refractivity contribution < 1.29 is 14.6 Å². The van der Waals surface area contributed by atoms with Crippen molar-refractivity contribution in [1.29, 1.82) is 0 Å². The quantitative estimate of drug-likeness (QED) is 0.902. The van der Waals surface area contributed by atoms with Crippen LogP contribution in [0.5, 0.6) is 5.75 Å². The molecule has 0 amide bonds. The Balaban J connectivity index is 2.15. The molecule has 1 aliphatic heterocycles. The first kappa shape index (κ1) is 15.8. The van der Waals surface area contributed by atoms with Crippen LogP contribution in [0.2, 0.25) is 0 Å². The molecule has 2 atom stereocenters. The predicted molar refractivity (Wildman–Crippen MR) is 82.6 cm³/mol. The summed E-state index contributed by atoms with van der Waals surface area (Å²) in [6, 6.07) is 7.75. The van der Waals surface area contributed by atoms with E-state index in [1.807, 2.05) is 31.2 Å².